The number of halogens is 3. The molecule has 13 heavy (non-hydrogen) atoms. The van der Waals surface area contributed by atoms with E-state index in [9.17, 15) is 13.2 Å². The Morgan fingerprint density at radius 3 is 2.54 bits per heavy atom. The maximum absolute atomic E-state index is 12.7. The second-order valence-electron chi connectivity index (χ2n) is 2.22. The molecule has 0 aliphatic rings. The van der Waals surface area contributed by atoms with Crippen molar-refractivity contribution in [2.75, 3.05) is 5.73 Å². The summed E-state index contributed by atoms with van der Waals surface area (Å²) in [7, 11) is 0. The van der Waals surface area contributed by atoms with E-state index >= 15 is 0 Å². The summed E-state index contributed by atoms with van der Waals surface area (Å²) in [4.78, 5) is 0. The van der Waals surface area contributed by atoms with Gasteiger partial charge in [0.1, 0.15) is 5.75 Å². The molecule has 0 spiro atoms. The third-order valence-electron chi connectivity index (χ3n) is 1.30. The molecule has 0 heterocycles. The Morgan fingerprint density at radius 2 is 2.00 bits per heavy atom. The van der Waals surface area contributed by atoms with Crippen molar-refractivity contribution >= 4 is 5.69 Å². The third kappa shape index (κ3) is 2.17. The molecule has 0 aliphatic heterocycles. The van der Waals surface area contributed by atoms with Crippen LogP contribution < -0.4 is 10.5 Å². The van der Waals surface area contributed by atoms with Gasteiger partial charge in [-0.15, -0.1) is 0 Å². The first-order chi connectivity index (χ1) is 6.00. The van der Waals surface area contributed by atoms with Crippen LogP contribution in [-0.2, 0) is 0 Å². The number of alkyl halides is 2. The van der Waals surface area contributed by atoms with Crippen LogP contribution in [-0.4, -0.2) is 11.7 Å². The Morgan fingerprint density at radius 1 is 1.38 bits per heavy atom. The normalized spacial score (nSPS) is 10.5. The summed E-state index contributed by atoms with van der Waals surface area (Å²) < 4.78 is 39.8. The van der Waals surface area contributed by atoms with E-state index in [4.69, 9.17) is 10.8 Å². The van der Waals surface area contributed by atoms with E-state index < -0.39 is 23.9 Å². The van der Waals surface area contributed by atoms with Crippen LogP contribution in [0.2, 0.25) is 0 Å². The van der Waals surface area contributed by atoms with E-state index in [1.165, 1.54) is 0 Å². The summed E-state index contributed by atoms with van der Waals surface area (Å²) in [6.07, 6.45) is 0. The SMILES string of the molecule is Nc1cc(F)c(OC(F)F)cc1O. The maximum Gasteiger partial charge on any atom is 0.387 e. The predicted molar refractivity (Wildman–Crippen MR) is 39.1 cm³/mol. The Hall–Kier alpha value is -1.59. The van der Waals surface area contributed by atoms with Gasteiger partial charge in [0.15, 0.2) is 11.6 Å². The summed E-state index contributed by atoms with van der Waals surface area (Å²) in [6, 6.07) is 1.39. The van der Waals surface area contributed by atoms with Crippen molar-refractivity contribution in [1.82, 2.24) is 0 Å². The van der Waals surface area contributed by atoms with Gasteiger partial charge in [0.2, 0.25) is 0 Å². The fourth-order valence-corrected chi connectivity index (χ4v) is 0.744. The van der Waals surface area contributed by atoms with Gasteiger partial charge < -0.3 is 15.6 Å². The van der Waals surface area contributed by atoms with Gasteiger partial charge in [0, 0.05) is 12.1 Å². The van der Waals surface area contributed by atoms with Gasteiger partial charge in [-0.1, -0.05) is 0 Å². The minimum Gasteiger partial charge on any atom is -0.506 e. The second kappa shape index (κ2) is 3.42. The van der Waals surface area contributed by atoms with Gasteiger partial charge >= 0.3 is 6.61 Å². The summed E-state index contributed by atoms with van der Waals surface area (Å²) >= 11 is 0. The smallest absolute Gasteiger partial charge is 0.387 e. The number of phenolic OH excluding ortho intramolecular Hbond substituents is 1. The minimum absolute atomic E-state index is 0.237. The lowest BCUT2D eigenvalue weighted by molar-refractivity contribution is -0.0522. The Bertz CT molecular complexity index is 317. The lowest BCUT2D eigenvalue weighted by atomic mass is 10.2. The fraction of sp³-hybridized carbons (Fsp3) is 0.143. The molecular weight excluding hydrogens is 187 g/mol. The highest BCUT2D eigenvalue weighted by atomic mass is 19.3. The first-order valence-corrected chi connectivity index (χ1v) is 3.23. The van der Waals surface area contributed by atoms with Gasteiger partial charge in [0.05, 0.1) is 5.69 Å². The summed E-state index contributed by atoms with van der Waals surface area (Å²) in [5.41, 5.74) is 4.85. The van der Waals surface area contributed by atoms with Crippen molar-refractivity contribution in [3.8, 4) is 11.5 Å². The monoisotopic (exact) mass is 193 g/mol. The number of hydrogen-bond donors (Lipinski definition) is 2. The van der Waals surface area contributed by atoms with Crippen LogP contribution in [0, 0.1) is 5.82 Å². The fourth-order valence-electron chi connectivity index (χ4n) is 0.744. The highest BCUT2D eigenvalue weighted by molar-refractivity contribution is 5.55. The van der Waals surface area contributed by atoms with Gasteiger partial charge in [-0.05, 0) is 0 Å². The molecule has 0 bridgehead atoms. The Kier molecular flexibility index (Phi) is 2.50. The van der Waals surface area contributed by atoms with Crippen molar-refractivity contribution in [1.29, 1.82) is 0 Å². The van der Waals surface area contributed by atoms with E-state index in [0.29, 0.717) is 12.1 Å². The quantitative estimate of drug-likeness (QED) is 0.555. The van der Waals surface area contributed by atoms with E-state index in [2.05, 4.69) is 4.74 Å². The number of benzene rings is 1. The van der Waals surface area contributed by atoms with E-state index in [1.807, 2.05) is 0 Å². The van der Waals surface area contributed by atoms with Crippen LogP contribution in [0.5, 0.6) is 11.5 Å². The number of nitrogens with two attached hydrogens (primary N) is 1. The highest BCUT2D eigenvalue weighted by Crippen LogP contribution is 2.29. The molecule has 0 atom stereocenters. The summed E-state index contributed by atoms with van der Waals surface area (Å²) in [6.45, 7) is -3.14. The molecule has 0 saturated carbocycles. The molecule has 1 aromatic carbocycles. The van der Waals surface area contributed by atoms with Crippen molar-refractivity contribution in [3.05, 3.63) is 17.9 Å². The molecule has 0 radical (unpaired) electrons. The summed E-state index contributed by atoms with van der Waals surface area (Å²) in [5, 5.41) is 8.92. The Labute approximate surface area is 71.5 Å². The number of ether oxygens (including phenoxy) is 1. The zero-order valence-electron chi connectivity index (χ0n) is 6.30. The summed E-state index contributed by atoms with van der Waals surface area (Å²) in [5.74, 6) is -2.28. The molecule has 3 N–H and O–H groups in total. The molecule has 0 aromatic heterocycles. The van der Waals surface area contributed by atoms with E-state index in [-0.39, 0.29) is 5.69 Å². The first kappa shape index (κ1) is 9.50. The molecule has 0 amide bonds. The zero-order valence-corrected chi connectivity index (χ0v) is 6.30. The number of aromatic hydroxyl groups is 1. The molecule has 72 valence electrons. The molecule has 3 nitrogen and oxygen atoms in total. The molecule has 1 aromatic rings. The molecule has 6 heteroatoms. The van der Waals surface area contributed by atoms with Crippen LogP contribution in [0.25, 0.3) is 0 Å². The molecule has 0 unspecified atom stereocenters. The maximum atomic E-state index is 12.7. The highest BCUT2D eigenvalue weighted by Gasteiger charge is 2.12. The number of nitrogen functional groups attached to an aromatic ring is 1. The first-order valence-electron chi connectivity index (χ1n) is 3.23. The van der Waals surface area contributed by atoms with Crippen LogP contribution in [0.1, 0.15) is 0 Å². The van der Waals surface area contributed by atoms with Gasteiger partial charge in [0.25, 0.3) is 0 Å². The van der Waals surface area contributed by atoms with E-state index in [1.54, 1.807) is 0 Å². The predicted octanol–water partition coefficient (Wildman–Crippen LogP) is 1.71. The molecule has 0 saturated heterocycles. The number of rotatable bonds is 2. The third-order valence-corrected chi connectivity index (χ3v) is 1.30. The van der Waals surface area contributed by atoms with Gasteiger partial charge in [-0.2, -0.15) is 8.78 Å². The topological polar surface area (TPSA) is 55.5 Å². The van der Waals surface area contributed by atoms with Crippen molar-refractivity contribution in [2.45, 2.75) is 6.61 Å². The van der Waals surface area contributed by atoms with Crippen LogP contribution in [0.4, 0.5) is 18.9 Å². The van der Waals surface area contributed by atoms with Crippen molar-refractivity contribution in [2.24, 2.45) is 0 Å². The minimum atomic E-state index is -3.14. The van der Waals surface area contributed by atoms with Crippen LogP contribution in [0.3, 0.4) is 0 Å². The number of phenols is 1. The number of hydrogen-bond acceptors (Lipinski definition) is 3. The van der Waals surface area contributed by atoms with Crippen LogP contribution in [0.15, 0.2) is 12.1 Å². The van der Waals surface area contributed by atoms with Crippen molar-refractivity contribution < 1.29 is 23.0 Å². The second-order valence-corrected chi connectivity index (χ2v) is 2.22. The molecule has 1 rings (SSSR count). The standard InChI is InChI=1S/C7H6F3NO2/c8-3-1-4(11)5(12)2-6(3)13-7(9)10/h1-2,7,12H,11H2. The average Bonchev–Trinajstić information content (AvgIpc) is 1.99. The van der Waals surface area contributed by atoms with E-state index in [0.717, 1.165) is 0 Å². The Balaban J connectivity index is 3.01. The van der Waals surface area contributed by atoms with Gasteiger partial charge in [-0.25, -0.2) is 4.39 Å². The molecule has 0 fully saturated rings. The lowest BCUT2D eigenvalue weighted by Gasteiger charge is -2.06. The largest absolute Gasteiger partial charge is 0.506 e. The molecule has 0 aliphatic carbocycles. The zero-order chi connectivity index (χ0) is 10.0. The van der Waals surface area contributed by atoms with Gasteiger partial charge in [-0.3, -0.25) is 0 Å². The number of anilines is 1. The van der Waals surface area contributed by atoms with Crippen LogP contribution >= 0.6 is 0 Å². The average molecular weight is 193 g/mol. The lowest BCUT2D eigenvalue weighted by Crippen LogP contribution is -2.04. The molecular formula is C7H6F3NO2. The van der Waals surface area contributed by atoms with Crippen molar-refractivity contribution in [3.63, 3.8) is 0 Å².